The van der Waals surface area contributed by atoms with Gasteiger partial charge in [0.1, 0.15) is 5.75 Å². The van der Waals surface area contributed by atoms with Crippen LogP contribution in [-0.2, 0) is 6.54 Å². The maximum Gasteiger partial charge on any atom is 0.124 e. The van der Waals surface area contributed by atoms with Gasteiger partial charge in [-0.05, 0) is 37.1 Å². The Morgan fingerprint density at radius 3 is 2.60 bits per heavy atom. The molecule has 0 spiro atoms. The third kappa shape index (κ3) is 4.97. The fourth-order valence-corrected chi connectivity index (χ4v) is 2.53. The summed E-state index contributed by atoms with van der Waals surface area (Å²) in [6.45, 7) is 10.0. The lowest BCUT2D eigenvalue weighted by atomic mass is 9.92. The Morgan fingerprint density at radius 2 is 2.05 bits per heavy atom. The highest BCUT2D eigenvalue weighted by Gasteiger charge is 2.21. The van der Waals surface area contributed by atoms with Crippen LogP contribution in [0.1, 0.15) is 32.8 Å². The van der Waals surface area contributed by atoms with Crippen molar-refractivity contribution >= 4 is 11.6 Å². The molecule has 1 aromatic carbocycles. The zero-order chi connectivity index (χ0) is 15.2. The first-order chi connectivity index (χ1) is 9.43. The second-order valence-corrected chi connectivity index (χ2v) is 6.41. The molecule has 0 fully saturated rings. The molecule has 0 radical (unpaired) electrons. The Kier molecular flexibility index (Phi) is 6.80. The van der Waals surface area contributed by atoms with Gasteiger partial charge in [0, 0.05) is 23.7 Å². The minimum Gasteiger partial charge on any atom is -0.496 e. The molecule has 1 rings (SSSR count). The molecule has 0 amide bonds. The SMILES string of the molecule is CCCN(Cc1c(Cl)cccc1OC)CC(C)(C)CN. The molecule has 20 heavy (non-hydrogen) atoms. The molecule has 0 atom stereocenters. The van der Waals surface area contributed by atoms with Crippen LogP contribution in [0.25, 0.3) is 0 Å². The highest BCUT2D eigenvalue weighted by Crippen LogP contribution is 2.28. The van der Waals surface area contributed by atoms with E-state index in [4.69, 9.17) is 22.1 Å². The Hall–Kier alpha value is -0.770. The van der Waals surface area contributed by atoms with Gasteiger partial charge in [-0.3, -0.25) is 4.90 Å². The van der Waals surface area contributed by atoms with Crippen LogP contribution in [0.4, 0.5) is 0 Å². The predicted molar refractivity (Wildman–Crippen MR) is 86.4 cm³/mol. The van der Waals surface area contributed by atoms with Crippen molar-refractivity contribution < 1.29 is 4.74 Å². The Morgan fingerprint density at radius 1 is 1.35 bits per heavy atom. The summed E-state index contributed by atoms with van der Waals surface area (Å²) in [5, 5.41) is 0.760. The standard InChI is InChI=1S/C16H27ClN2O/c1-5-9-19(12-16(2,3)11-18)10-13-14(17)7-6-8-15(13)20-4/h6-8H,5,9-12,18H2,1-4H3. The van der Waals surface area contributed by atoms with Crippen molar-refractivity contribution in [1.29, 1.82) is 0 Å². The fraction of sp³-hybridized carbons (Fsp3) is 0.625. The van der Waals surface area contributed by atoms with Gasteiger partial charge in [-0.2, -0.15) is 0 Å². The average molecular weight is 299 g/mol. The zero-order valence-corrected chi connectivity index (χ0v) is 13.8. The lowest BCUT2D eigenvalue weighted by Gasteiger charge is -2.32. The number of nitrogens with two attached hydrogens (primary N) is 1. The number of ether oxygens (including phenoxy) is 1. The van der Waals surface area contributed by atoms with Crippen molar-refractivity contribution in [3.05, 3.63) is 28.8 Å². The van der Waals surface area contributed by atoms with Gasteiger partial charge >= 0.3 is 0 Å². The van der Waals surface area contributed by atoms with Crippen LogP contribution >= 0.6 is 11.6 Å². The monoisotopic (exact) mass is 298 g/mol. The Labute approximate surface area is 128 Å². The van der Waals surface area contributed by atoms with Gasteiger partial charge < -0.3 is 10.5 Å². The number of halogens is 1. The second-order valence-electron chi connectivity index (χ2n) is 6.00. The summed E-state index contributed by atoms with van der Waals surface area (Å²) in [5.41, 5.74) is 7.01. The number of hydrogen-bond donors (Lipinski definition) is 1. The summed E-state index contributed by atoms with van der Waals surface area (Å²) in [6.07, 6.45) is 1.10. The summed E-state index contributed by atoms with van der Waals surface area (Å²) in [4.78, 5) is 2.40. The molecule has 1 aromatic rings. The summed E-state index contributed by atoms with van der Waals surface area (Å²) in [7, 11) is 1.68. The maximum atomic E-state index is 6.33. The zero-order valence-electron chi connectivity index (χ0n) is 13.1. The second kappa shape index (κ2) is 7.87. The smallest absolute Gasteiger partial charge is 0.124 e. The first-order valence-electron chi connectivity index (χ1n) is 7.17. The van der Waals surface area contributed by atoms with E-state index in [1.807, 2.05) is 18.2 Å². The molecule has 4 heteroatoms. The number of rotatable bonds is 8. The summed E-state index contributed by atoms with van der Waals surface area (Å²) in [5.74, 6) is 0.851. The molecule has 0 aliphatic rings. The highest BCUT2D eigenvalue weighted by atomic mass is 35.5. The van der Waals surface area contributed by atoms with Gasteiger partial charge in [-0.1, -0.05) is 38.4 Å². The van der Waals surface area contributed by atoms with Crippen molar-refractivity contribution in [2.45, 2.75) is 33.7 Å². The van der Waals surface area contributed by atoms with E-state index in [9.17, 15) is 0 Å². The van der Waals surface area contributed by atoms with Gasteiger partial charge in [0.05, 0.1) is 7.11 Å². The van der Waals surface area contributed by atoms with Gasteiger partial charge in [-0.25, -0.2) is 0 Å². The third-order valence-corrected chi connectivity index (χ3v) is 3.78. The number of methoxy groups -OCH3 is 1. The highest BCUT2D eigenvalue weighted by molar-refractivity contribution is 6.31. The van der Waals surface area contributed by atoms with Crippen molar-refractivity contribution in [2.24, 2.45) is 11.1 Å². The maximum absolute atomic E-state index is 6.33. The van der Waals surface area contributed by atoms with E-state index in [2.05, 4.69) is 25.7 Å². The van der Waals surface area contributed by atoms with E-state index in [1.165, 1.54) is 0 Å². The summed E-state index contributed by atoms with van der Waals surface area (Å²) >= 11 is 6.33. The van der Waals surface area contributed by atoms with Crippen LogP contribution in [0.15, 0.2) is 18.2 Å². The quantitative estimate of drug-likeness (QED) is 0.798. The molecular weight excluding hydrogens is 272 g/mol. The normalized spacial score (nSPS) is 11.9. The molecule has 0 aromatic heterocycles. The van der Waals surface area contributed by atoms with Crippen molar-refractivity contribution in [1.82, 2.24) is 4.90 Å². The molecule has 0 bridgehead atoms. The predicted octanol–water partition coefficient (Wildman–Crippen LogP) is 3.55. The number of hydrogen-bond acceptors (Lipinski definition) is 3. The van der Waals surface area contributed by atoms with Crippen LogP contribution in [-0.4, -0.2) is 31.6 Å². The molecular formula is C16H27ClN2O. The molecule has 2 N–H and O–H groups in total. The van der Waals surface area contributed by atoms with Crippen molar-refractivity contribution in [2.75, 3.05) is 26.7 Å². The number of benzene rings is 1. The van der Waals surface area contributed by atoms with Gasteiger partial charge in [0.2, 0.25) is 0 Å². The topological polar surface area (TPSA) is 38.5 Å². The lowest BCUT2D eigenvalue weighted by molar-refractivity contribution is 0.174. The van der Waals surface area contributed by atoms with E-state index in [0.717, 1.165) is 42.4 Å². The van der Waals surface area contributed by atoms with E-state index in [0.29, 0.717) is 6.54 Å². The van der Waals surface area contributed by atoms with Gasteiger partial charge in [0.15, 0.2) is 0 Å². The first kappa shape index (κ1) is 17.3. The van der Waals surface area contributed by atoms with E-state index < -0.39 is 0 Å². The molecule has 0 saturated heterocycles. The van der Waals surface area contributed by atoms with Crippen LogP contribution in [0.3, 0.4) is 0 Å². The first-order valence-corrected chi connectivity index (χ1v) is 7.55. The van der Waals surface area contributed by atoms with Crippen LogP contribution in [0.2, 0.25) is 5.02 Å². The third-order valence-electron chi connectivity index (χ3n) is 3.42. The van der Waals surface area contributed by atoms with Crippen molar-refractivity contribution in [3.8, 4) is 5.75 Å². The molecule has 0 unspecified atom stereocenters. The van der Waals surface area contributed by atoms with E-state index in [1.54, 1.807) is 7.11 Å². The van der Waals surface area contributed by atoms with Crippen LogP contribution in [0.5, 0.6) is 5.75 Å². The van der Waals surface area contributed by atoms with Crippen molar-refractivity contribution in [3.63, 3.8) is 0 Å². The number of nitrogens with zero attached hydrogens (tertiary/aromatic N) is 1. The fourth-order valence-electron chi connectivity index (χ4n) is 2.31. The Balaban J connectivity index is 2.90. The van der Waals surface area contributed by atoms with Gasteiger partial charge in [-0.15, -0.1) is 0 Å². The molecule has 114 valence electrons. The Bertz CT molecular complexity index is 421. The van der Waals surface area contributed by atoms with Crippen LogP contribution < -0.4 is 10.5 Å². The molecule has 0 heterocycles. The molecule has 3 nitrogen and oxygen atoms in total. The molecule has 0 aliphatic carbocycles. The van der Waals surface area contributed by atoms with Crippen LogP contribution in [0, 0.1) is 5.41 Å². The van der Waals surface area contributed by atoms with E-state index in [-0.39, 0.29) is 5.41 Å². The molecule has 0 saturated carbocycles. The van der Waals surface area contributed by atoms with Gasteiger partial charge in [0.25, 0.3) is 0 Å². The largest absolute Gasteiger partial charge is 0.496 e. The summed E-state index contributed by atoms with van der Waals surface area (Å²) in [6, 6.07) is 5.79. The van der Waals surface area contributed by atoms with E-state index >= 15 is 0 Å². The minimum absolute atomic E-state index is 0.101. The minimum atomic E-state index is 0.101. The average Bonchev–Trinajstić information content (AvgIpc) is 2.41. The lowest BCUT2D eigenvalue weighted by Crippen LogP contribution is -2.38. The molecule has 0 aliphatic heterocycles. The summed E-state index contributed by atoms with van der Waals surface area (Å²) < 4.78 is 5.43.